The van der Waals surface area contributed by atoms with Gasteiger partial charge in [0.1, 0.15) is 12.4 Å². The number of carbonyl (C=O) groups is 1. The zero-order chi connectivity index (χ0) is 19.2. The molecule has 2 atom stereocenters. The lowest BCUT2D eigenvalue weighted by atomic mass is 9.93. The Kier molecular flexibility index (Phi) is 6.96. The normalized spacial score (nSPS) is 20.0. The van der Waals surface area contributed by atoms with Gasteiger partial charge in [-0.3, -0.25) is 0 Å². The fourth-order valence-corrected chi connectivity index (χ4v) is 3.34. The van der Waals surface area contributed by atoms with Crippen LogP contribution in [-0.2, 0) is 9.47 Å². The number of nitrogens with one attached hydrogen (secondary N) is 1. The lowest BCUT2D eigenvalue weighted by Crippen LogP contribution is -2.31. The average molecular weight is 410 g/mol. The summed E-state index contributed by atoms with van der Waals surface area (Å²) in [5.41, 5.74) is 1.48. The van der Waals surface area contributed by atoms with Crippen molar-refractivity contribution in [2.45, 2.75) is 12.0 Å². The van der Waals surface area contributed by atoms with Crippen molar-refractivity contribution in [3.8, 4) is 5.75 Å². The summed E-state index contributed by atoms with van der Waals surface area (Å²) in [5, 5.41) is 4.41. The van der Waals surface area contributed by atoms with E-state index in [9.17, 15) is 4.79 Å². The number of carbonyl (C=O) groups excluding carboxylic acids is 1. The van der Waals surface area contributed by atoms with Gasteiger partial charge >= 0.3 is 5.97 Å². The minimum absolute atomic E-state index is 0.0612. The van der Waals surface area contributed by atoms with Crippen LogP contribution in [0.3, 0.4) is 0 Å². The first-order valence-corrected chi connectivity index (χ1v) is 9.42. The van der Waals surface area contributed by atoms with Gasteiger partial charge in [0.05, 0.1) is 35.4 Å². The summed E-state index contributed by atoms with van der Waals surface area (Å²) in [6, 6.07) is 12.5. The highest BCUT2D eigenvalue weighted by Gasteiger charge is 2.27. The second-order valence-electron chi connectivity index (χ2n) is 6.22. The van der Waals surface area contributed by atoms with Gasteiger partial charge < -0.3 is 19.5 Å². The van der Waals surface area contributed by atoms with Gasteiger partial charge in [-0.25, -0.2) is 4.79 Å². The van der Waals surface area contributed by atoms with Gasteiger partial charge in [0, 0.05) is 19.0 Å². The standard InChI is InChI=1S/C20H21Cl2NO4/c1-25-20(24)14-3-2-4-15(9-14)27-12-19-16(11-23-7-8-26-19)13-5-6-17(21)18(22)10-13/h2-6,9-10,16,19,23H,7-8,11-12H2,1H3/t16-,19+/m1/s1. The monoisotopic (exact) mass is 409 g/mol. The summed E-state index contributed by atoms with van der Waals surface area (Å²) in [4.78, 5) is 11.7. The number of rotatable bonds is 5. The van der Waals surface area contributed by atoms with Crippen molar-refractivity contribution < 1.29 is 19.0 Å². The number of hydrogen-bond acceptors (Lipinski definition) is 5. The molecule has 7 heteroatoms. The first kappa shape index (κ1) is 20.0. The molecule has 5 nitrogen and oxygen atoms in total. The third kappa shape index (κ3) is 5.14. The van der Waals surface area contributed by atoms with Crippen LogP contribution in [0, 0.1) is 0 Å². The second kappa shape index (κ2) is 9.42. The number of halogens is 2. The van der Waals surface area contributed by atoms with Crippen LogP contribution < -0.4 is 10.1 Å². The Morgan fingerprint density at radius 2 is 2.07 bits per heavy atom. The molecule has 0 unspecified atom stereocenters. The maximum Gasteiger partial charge on any atom is 0.337 e. The maximum absolute atomic E-state index is 11.7. The average Bonchev–Trinajstić information content (AvgIpc) is 2.93. The van der Waals surface area contributed by atoms with Gasteiger partial charge in [0.25, 0.3) is 0 Å². The van der Waals surface area contributed by atoms with Crippen LogP contribution in [0.15, 0.2) is 42.5 Å². The second-order valence-corrected chi connectivity index (χ2v) is 7.04. The zero-order valence-corrected chi connectivity index (χ0v) is 16.4. The highest BCUT2D eigenvalue weighted by atomic mass is 35.5. The number of hydrogen-bond donors (Lipinski definition) is 1. The Hall–Kier alpha value is -1.79. The van der Waals surface area contributed by atoms with Crippen molar-refractivity contribution in [1.82, 2.24) is 5.32 Å². The Bertz CT molecular complexity index is 799. The first-order chi connectivity index (χ1) is 13.1. The summed E-state index contributed by atoms with van der Waals surface area (Å²) in [6.45, 7) is 2.45. The third-order valence-electron chi connectivity index (χ3n) is 4.47. The Morgan fingerprint density at radius 3 is 2.85 bits per heavy atom. The van der Waals surface area contributed by atoms with Crippen LogP contribution in [0.4, 0.5) is 0 Å². The van der Waals surface area contributed by atoms with Gasteiger partial charge in [-0.1, -0.05) is 35.3 Å². The van der Waals surface area contributed by atoms with Crippen molar-refractivity contribution in [1.29, 1.82) is 0 Å². The lowest BCUT2D eigenvalue weighted by Gasteiger charge is -2.25. The first-order valence-electron chi connectivity index (χ1n) is 8.67. The third-order valence-corrected chi connectivity index (χ3v) is 5.20. The van der Waals surface area contributed by atoms with Crippen molar-refractivity contribution in [3.05, 3.63) is 63.6 Å². The number of methoxy groups -OCH3 is 1. The lowest BCUT2D eigenvalue weighted by molar-refractivity contribution is 0.0181. The molecule has 0 saturated carbocycles. The molecule has 1 aliphatic heterocycles. The van der Waals surface area contributed by atoms with Crippen LogP contribution in [0.2, 0.25) is 10.0 Å². The summed E-state index contributed by atoms with van der Waals surface area (Å²) in [7, 11) is 1.35. The van der Waals surface area contributed by atoms with Crippen LogP contribution in [-0.4, -0.2) is 45.5 Å². The summed E-state index contributed by atoms with van der Waals surface area (Å²) < 4.78 is 16.7. The highest BCUT2D eigenvalue weighted by Crippen LogP contribution is 2.30. The molecule has 1 aliphatic rings. The highest BCUT2D eigenvalue weighted by molar-refractivity contribution is 6.42. The van der Waals surface area contributed by atoms with E-state index in [1.165, 1.54) is 7.11 Å². The van der Waals surface area contributed by atoms with Crippen molar-refractivity contribution in [2.75, 3.05) is 33.4 Å². The quantitative estimate of drug-likeness (QED) is 0.758. The van der Waals surface area contributed by atoms with E-state index in [2.05, 4.69) is 5.32 Å². The number of ether oxygens (including phenoxy) is 3. The molecule has 144 valence electrons. The minimum atomic E-state index is -0.399. The number of esters is 1. The smallest absolute Gasteiger partial charge is 0.337 e. The molecule has 27 heavy (non-hydrogen) atoms. The molecule has 1 fully saturated rings. The maximum atomic E-state index is 11.7. The van der Waals surface area contributed by atoms with E-state index < -0.39 is 5.97 Å². The predicted octanol–water partition coefficient (Wildman–Crippen LogP) is 3.93. The van der Waals surface area contributed by atoms with E-state index >= 15 is 0 Å². The summed E-state index contributed by atoms with van der Waals surface area (Å²) >= 11 is 12.2. The Morgan fingerprint density at radius 1 is 1.22 bits per heavy atom. The molecular formula is C20H21Cl2NO4. The van der Waals surface area contributed by atoms with E-state index in [1.54, 1.807) is 30.3 Å². The molecule has 2 aromatic rings. The van der Waals surface area contributed by atoms with E-state index in [1.807, 2.05) is 12.1 Å². The number of benzene rings is 2. The van der Waals surface area contributed by atoms with Crippen LogP contribution in [0.25, 0.3) is 0 Å². The molecule has 0 bridgehead atoms. The molecule has 0 aromatic heterocycles. The van der Waals surface area contributed by atoms with Crippen LogP contribution in [0.1, 0.15) is 21.8 Å². The zero-order valence-electron chi connectivity index (χ0n) is 14.9. The summed E-state index contributed by atoms with van der Waals surface area (Å²) in [6.07, 6.45) is -0.168. The molecule has 0 amide bonds. The van der Waals surface area contributed by atoms with Crippen LogP contribution >= 0.6 is 23.2 Å². The molecule has 1 N–H and O–H groups in total. The molecule has 3 rings (SSSR count). The molecule has 1 saturated heterocycles. The topological polar surface area (TPSA) is 56.8 Å². The fraction of sp³-hybridized carbons (Fsp3) is 0.350. The predicted molar refractivity (Wildman–Crippen MR) is 105 cm³/mol. The minimum Gasteiger partial charge on any atom is -0.491 e. The van der Waals surface area contributed by atoms with E-state index in [0.29, 0.717) is 34.6 Å². The molecule has 0 spiro atoms. The fourth-order valence-electron chi connectivity index (χ4n) is 3.04. The van der Waals surface area contributed by atoms with Gasteiger partial charge in [0.15, 0.2) is 0 Å². The van der Waals surface area contributed by atoms with E-state index in [4.69, 9.17) is 37.4 Å². The molecule has 1 heterocycles. The Balaban J connectivity index is 1.74. The van der Waals surface area contributed by atoms with Crippen molar-refractivity contribution >= 4 is 29.2 Å². The van der Waals surface area contributed by atoms with Gasteiger partial charge in [-0.05, 0) is 35.9 Å². The van der Waals surface area contributed by atoms with Gasteiger partial charge in [-0.2, -0.15) is 0 Å². The largest absolute Gasteiger partial charge is 0.491 e. The summed E-state index contributed by atoms with van der Waals surface area (Å²) in [5.74, 6) is 0.252. The van der Waals surface area contributed by atoms with E-state index in [0.717, 1.165) is 18.7 Å². The van der Waals surface area contributed by atoms with Crippen molar-refractivity contribution in [2.24, 2.45) is 0 Å². The molecular weight excluding hydrogens is 389 g/mol. The van der Waals surface area contributed by atoms with Gasteiger partial charge in [-0.15, -0.1) is 0 Å². The van der Waals surface area contributed by atoms with Gasteiger partial charge in [0.2, 0.25) is 0 Å². The van der Waals surface area contributed by atoms with Crippen molar-refractivity contribution in [3.63, 3.8) is 0 Å². The molecule has 0 aliphatic carbocycles. The van der Waals surface area contributed by atoms with E-state index in [-0.39, 0.29) is 12.0 Å². The van der Waals surface area contributed by atoms with Crippen LogP contribution in [0.5, 0.6) is 5.75 Å². The molecule has 0 radical (unpaired) electrons. The molecule has 2 aromatic carbocycles. The SMILES string of the molecule is COC(=O)c1cccc(OC[C@@H]2OCCNC[C@@H]2c2ccc(Cl)c(Cl)c2)c1. The Labute approximate surface area is 168 Å².